The molecule has 3 aromatic rings. The molecule has 0 atom stereocenters. The molecule has 6 nitrogen and oxygen atoms in total. The lowest BCUT2D eigenvalue weighted by molar-refractivity contribution is 0.103. The average molecular weight is 417 g/mol. The molecule has 0 saturated carbocycles. The van der Waals surface area contributed by atoms with E-state index in [4.69, 9.17) is 4.74 Å². The average Bonchev–Trinajstić information content (AvgIpc) is 3.10. The van der Waals surface area contributed by atoms with Crippen molar-refractivity contribution in [2.75, 3.05) is 18.2 Å². The topological polar surface area (TPSA) is 85.4 Å². The van der Waals surface area contributed by atoms with Crippen molar-refractivity contribution in [3.05, 3.63) is 59.1 Å². The van der Waals surface area contributed by atoms with Gasteiger partial charge in [-0.25, -0.2) is 13.4 Å². The first-order valence-corrected chi connectivity index (χ1v) is 11.1. The predicted molar refractivity (Wildman–Crippen MR) is 111 cm³/mol. The van der Waals surface area contributed by atoms with Gasteiger partial charge in [-0.15, -0.1) is 11.3 Å². The van der Waals surface area contributed by atoms with Gasteiger partial charge in [-0.2, -0.15) is 0 Å². The summed E-state index contributed by atoms with van der Waals surface area (Å²) in [7, 11) is -1.66. The zero-order valence-electron chi connectivity index (χ0n) is 15.7. The summed E-state index contributed by atoms with van der Waals surface area (Å²) < 4.78 is 28.9. The van der Waals surface area contributed by atoms with Crippen LogP contribution in [0.5, 0.6) is 5.75 Å². The maximum Gasteiger partial charge on any atom is 0.267 e. The van der Waals surface area contributed by atoms with Gasteiger partial charge < -0.3 is 10.1 Å². The van der Waals surface area contributed by atoms with E-state index in [1.807, 2.05) is 24.3 Å². The highest BCUT2D eigenvalue weighted by molar-refractivity contribution is 7.91. The molecule has 0 bridgehead atoms. The number of hydrogen-bond acceptors (Lipinski definition) is 6. The van der Waals surface area contributed by atoms with Gasteiger partial charge in [-0.3, -0.25) is 4.79 Å². The summed E-state index contributed by atoms with van der Waals surface area (Å²) in [5, 5.41) is 3.54. The minimum atomic E-state index is -3.26. The fraction of sp³-hybridized carbons (Fsp3) is 0.200. The number of thiazole rings is 1. The van der Waals surface area contributed by atoms with E-state index in [-0.39, 0.29) is 16.6 Å². The van der Waals surface area contributed by atoms with E-state index in [1.165, 1.54) is 23.5 Å². The molecule has 0 fully saturated rings. The van der Waals surface area contributed by atoms with Gasteiger partial charge in [0.15, 0.2) is 9.84 Å². The summed E-state index contributed by atoms with van der Waals surface area (Å²) >= 11 is 1.30. The first-order valence-electron chi connectivity index (χ1n) is 8.60. The normalized spacial score (nSPS) is 11.2. The van der Waals surface area contributed by atoms with Crippen LogP contribution in [0.25, 0.3) is 10.6 Å². The number of anilines is 1. The maximum absolute atomic E-state index is 12.6. The minimum Gasteiger partial charge on any atom is -0.497 e. The SMILES string of the molecule is CCS(=O)(=O)c1ccc(NC(=O)c2sc(-c3ccc(OC)cc3)nc2C)cc1. The number of carbonyl (C=O) groups is 1. The van der Waals surface area contributed by atoms with Crippen molar-refractivity contribution in [3.63, 3.8) is 0 Å². The molecule has 8 heteroatoms. The third-order valence-electron chi connectivity index (χ3n) is 4.19. The fourth-order valence-corrected chi connectivity index (χ4v) is 4.42. The monoisotopic (exact) mass is 416 g/mol. The number of amides is 1. The Morgan fingerprint density at radius 1 is 1.11 bits per heavy atom. The van der Waals surface area contributed by atoms with Crippen LogP contribution in [0.1, 0.15) is 22.3 Å². The smallest absolute Gasteiger partial charge is 0.267 e. The molecule has 0 spiro atoms. The molecule has 0 aliphatic carbocycles. The number of rotatable bonds is 6. The van der Waals surface area contributed by atoms with Crippen molar-refractivity contribution in [2.45, 2.75) is 18.7 Å². The quantitative estimate of drug-likeness (QED) is 0.652. The Balaban J connectivity index is 1.78. The van der Waals surface area contributed by atoms with Crippen LogP contribution in [0.15, 0.2) is 53.4 Å². The molecule has 1 heterocycles. The Morgan fingerprint density at radius 3 is 2.32 bits per heavy atom. The van der Waals surface area contributed by atoms with Crippen LogP contribution in [-0.2, 0) is 9.84 Å². The van der Waals surface area contributed by atoms with Crippen molar-refractivity contribution >= 4 is 32.8 Å². The first kappa shape index (κ1) is 20.0. The molecule has 2 aromatic carbocycles. The van der Waals surface area contributed by atoms with Crippen LogP contribution in [0, 0.1) is 6.92 Å². The van der Waals surface area contributed by atoms with Gasteiger partial charge in [0.05, 0.1) is 23.5 Å². The lowest BCUT2D eigenvalue weighted by atomic mass is 10.2. The van der Waals surface area contributed by atoms with Crippen LogP contribution in [0.3, 0.4) is 0 Å². The lowest BCUT2D eigenvalue weighted by Crippen LogP contribution is -2.11. The molecule has 3 rings (SSSR count). The summed E-state index contributed by atoms with van der Waals surface area (Å²) in [6.45, 7) is 3.38. The van der Waals surface area contributed by atoms with Gasteiger partial charge in [0, 0.05) is 11.3 Å². The number of aromatic nitrogens is 1. The Morgan fingerprint density at radius 2 is 1.75 bits per heavy atom. The highest BCUT2D eigenvalue weighted by Gasteiger charge is 2.17. The van der Waals surface area contributed by atoms with Gasteiger partial charge in [0.2, 0.25) is 0 Å². The number of aryl methyl sites for hydroxylation is 1. The Hall–Kier alpha value is -2.71. The second-order valence-electron chi connectivity index (χ2n) is 6.04. The van der Waals surface area contributed by atoms with Crippen molar-refractivity contribution in [3.8, 4) is 16.3 Å². The predicted octanol–water partition coefficient (Wildman–Crippen LogP) is 4.17. The van der Waals surface area contributed by atoms with Crippen LogP contribution in [0.2, 0.25) is 0 Å². The summed E-state index contributed by atoms with van der Waals surface area (Å²) in [5.74, 6) is 0.511. The molecule has 0 aliphatic heterocycles. The fourth-order valence-electron chi connectivity index (χ4n) is 2.56. The van der Waals surface area contributed by atoms with Gasteiger partial charge in [0.1, 0.15) is 15.6 Å². The van der Waals surface area contributed by atoms with Crippen LogP contribution >= 0.6 is 11.3 Å². The second kappa shape index (κ2) is 8.12. The van der Waals surface area contributed by atoms with E-state index in [1.54, 1.807) is 33.1 Å². The maximum atomic E-state index is 12.6. The summed E-state index contributed by atoms with van der Waals surface area (Å²) in [4.78, 5) is 17.9. The number of methoxy groups -OCH3 is 1. The molecule has 1 amide bonds. The first-order chi connectivity index (χ1) is 13.3. The Labute approximate surface area is 168 Å². The zero-order valence-corrected chi connectivity index (χ0v) is 17.4. The van der Waals surface area contributed by atoms with Crippen molar-refractivity contribution in [2.24, 2.45) is 0 Å². The van der Waals surface area contributed by atoms with Gasteiger partial charge in [-0.1, -0.05) is 6.92 Å². The third kappa shape index (κ3) is 4.23. The number of sulfone groups is 1. The number of benzene rings is 2. The van der Waals surface area contributed by atoms with Crippen LogP contribution in [-0.4, -0.2) is 32.2 Å². The molecule has 0 radical (unpaired) electrons. The second-order valence-corrected chi connectivity index (χ2v) is 9.32. The van der Waals surface area contributed by atoms with E-state index in [2.05, 4.69) is 10.3 Å². The van der Waals surface area contributed by atoms with Crippen molar-refractivity contribution < 1.29 is 17.9 Å². The largest absolute Gasteiger partial charge is 0.497 e. The molecule has 0 saturated heterocycles. The lowest BCUT2D eigenvalue weighted by Gasteiger charge is -2.06. The van der Waals surface area contributed by atoms with Crippen molar-refractivity contribution in [1.82, 2.24) is 4.98 Å². The van der Waals surface area contributed by atoms with E-state index >= 15 is 0 Å². The molecule has 0 aliphatic rings. The number of ether oxygens (including phenoxy) is 1. The third-order valence-corrected chi connectivity index (χ3v) is 7.15. The van der Waals surface area contributed by atoms with E-state index in [0.717, 1.165) is 16.3 Å². The summed E-state index contributed by atoms with van der Waals surface area (Å²) in [6, 6.07) is 13.6. The van der Waals surface area contributed by atoms with Crippen LogP contribution < -0.4 is 10.1 Å². The number of hydrogen-bond donors (Lipinski definition) is 1. The van der Waals surface area contributed by atoms with E-state index in [0.29, 0.717) is 16.3 Å². The van der Waals surface area contributed by atoms with Gasteiger partial charge >= 0.3 is 0 Å². The molecule has 1 N–H and O–H groups in total. The molecule has 28 heavy (non-hydrogen) atoms. The number of nitrogens with one attached hydrogen (secondary N) is 1. The highest BCUT2D eigenvalue weighted by atomic mass is 32.2. The molecular formula is C20H20N2O4S2. The zero-order chi connectivity index (χ0) is 20.3. The standard InChI is InChI=1S/C20H20N2O4S2/c1-4-28(24,25)17-11-7-15(8-12-17)22-19(23)18-13(2)21-20(27-18)14-5-9-16(26-3)10-6-14/h5-12H,4H2,1-3H3,(H,22,23). The van der Waals surface area contributed by atoms with Crippen molar-refractivity contribution in [1.29, 1.82) is 0 Å². The van der Waals surface area contributed by atoms with Crippen LogP contribution in [0.4, 0.5) is 5.69 Å². The van der Waals surface area contributed by atoms with E-state index in [9.17, 15) is 13.2 Å². The van der Waals surface area contributed by atoms with Gasteiger partial charge in [-0.05, 0) is 55.5 Å². The molecule has 1 aromatic heterocycles. The molecule has 0 unspecified atom stereocenters. The number of carbonyl (C=O) groups excluding carboxylic acids is 1. The summed E-state index contributed by atoms with van der Waals surface area (Å²) in [6.07, 6.45) is 0. The minimum absolute atomic E-state index is 0.0346. The number of nitrogens with zero attached hydrogens (tertiary/aromatic N) is 1. The molecule has 146 valence electrons. The van der Waals surface area contributed by atoms with Gasteiger partial charge in [0.25, 0.3) is 5.91 Å². The molecular weight excluding hydrogens is 396 g/mol. The van der Waals surface area contributed by atoms with E-state index < -0.39 is 9.84 Å². The summed E-state index contributed by atoms with van der Waals surface area (Å²) in [5.41, 5.74) is 2.07. The Bertz CT molecular complexity index is 1090. The highest BCUT2D eigenvalue weighted by Crippen LogP contribution is 2.29. The Kier molecular flexibility index (Phi) is 5.81.